The lowest BCUT2D eigenvalue weighted by Crippen LogP contribution is -2.54. The topological polar surface area (TPSA) is 87.7 Å². The third-order valence-corrected chi connectivity index (χ3v) is 3.76. The van der Waals surface area contributed by atoms with Crippen LogP contribution in [0.4, 0.5) is 4.79 Å². The molecule has 0 radical (unpaired) electrons. The summed E-state index contributed by atoms with van der Waals surface area (Å²) in [5.74, 6) is -1.17. The molecule has 0 saturated carbocycles. The lowest BCUT2D eigenvalue weighted by atomic mass is 9.88. The monoisotopic (exact) mass is 269 g/mol. The van der Waals surface area contributed by atoms with E-state index in [9.17, 15) is 14.4 Å². The second-order valence-corrected chi connectivity index (χ2v) is 5.10. The summed E-state index contributed by atoms with van der Waals surface area (Å²) in [6.07, 6.45) is 1.17. The minimum Gasteiger partial charge on any atom is -0.469 e. The largest absolute Gasteiger partial charge is 0.469 e. The molecule has 2 heterocycles. The van der Waals surface area contributed by atoms with Crippen LogP contribution in [0.2, 0.25) is 0 Å². The van der Waals surface area contributed by atoms with Crippen LogP contribution < -0.4 is 10.6 Å². The van der Waals surface area contributed by atoms with Gasteiger partial charge in [-0.25, -0.2) is 4.79 Å². The number of nitrogens with zero attached hydrogens (tertiary/aromatic N) is 1. The van der Waals surface area contributed by atoms with Crippen molar-refractivity contribution < 1.29 is 19.1 Å². The summed E-state index contributed by atoms with van der Waals surface area (Å²) in [6, 6.07) is -0.414. The van der Waals surface area contributed by atoms with Gasteiger partial charge in [-0.2, -0.15) is 0 Å². The second-order valence-electron chi connectivity index (χ2n) is 5.10. The predicted molar refractivity (Wildman–Crippen MR) is 66.3 cm³/mol. The summed E-state index contributed by atoms with van der Waals surface area (Å²) in [6.45, 7) is 3.10. The van der Waals surface area contributed by atoms with E-state index in [0.717, 1.165) is 4.90 Å². The van der Waals surface area contributed by atoms with Crippen molar-refractivity contribution in [3.63, 3.8) is 0 Å². The summed E-state index contributed by atoms with van der Waals surface area (Å²) < 4.78 is 4.61. The van der Waals surface area contributed by atoms with Crippen LogP contribution >= 0.6 is 0 Å². The molecule has 2 aliphatic rings. The van der Waals surface area contributed by atoms with Crippen molar-refractivity contribution in [3.05, 3.63) is 0 Å². The minimum atomic E-state index is -0.780. The molecule has 7 nitrogen and oxygen atoms in total. The van der Waals surface area contributed by atoms with E-state index in [1.54, 1.807) is 6.92 Å². The van der Waals surface area contributed by atoms with Crippen molar-refractivity contribution in [2.24, 2.45) is 5.92 Å². The van der Waals surface area contributed by atoms with E-state index < -0.39 is 23.5 Å². The molecule has 0 bridgehead atoms. The Bertz CT molecular complexity index is 404. The highest BCUT2D eigenvalue weighted by Gasteiger charge is 2.51. The average molecular weight is 269 g/mol. The Morgan fingerprint density at radius 2 is 2.05 bits per heavy atom. The number of carbonyl (C=O) groups excluding carboxylic acids is 3. The van der Waals surface area contributed by atoms with Crippen LogP contribution in [0, 0.1) is 5.92 Å². The summed E-state index contributed by atoms with van der Waals surface area (Å²) in [5, 5.41) is 5.93. The lowest BCUT2D eigenvalue weighted by molar-refractivity contribution is -0.145. The van der Waals surface area contributed by atoms with Crippen molar-refractivity contribution in [2.45, 2.75) is 25.3 Å². The molecular weight excluding hydrogens is 250 g/mol. The first-order valence-electron chi connectivity index (χ1n) is 6.43. The number of carbonyl (C=O) groups is 3. The third kappa shape index (κ3) is 2.42. The van der Waals surface area contributed by atoms with E-state index >= 15 is 0 Å². The Morgan fingerprint density at radius 3 is 2.63 bits per heavy atom. The first-order chi connectivity index (χ1) is 9.00. The highest BCUT2D eigenvalue weighted by Crippen LogP contribution is 2.27. The number of ether oxygens (including phenoxy) is 1. The van der Waals surface area contributed by atoms with Gasteiger partial charge in [0.1, 0.15) is 5.54 Å². The molecule has 2 fully saturated rings. The fourth-order valence-corrected chi connectivity index (χ4v) is 2.58. The van der Waals surface area contributed by atoms with Crippen LogP contribution in [0.15, 0.2) is 0 Å². The van der Waals surface area contributed by atoms with Gasteiger partial charge in [0.25, 0.3) is 5.91 Å². The number of rotatable bonds is 3. The molecule has 0 aromatic rings. The highest BCUT2D eigenvalue weighted by molar-refractivity contribution is 6.07. The van der Waals surface area contributed by atoms with Crippen LogP contribution in [-0.2, 0) is 14.3 Å². The van der Waals surface area contributed by atoms with Crippen LogP contribution in [0.3, 0.4) is 0 Å². The molecule has 0 aromatic heterocycles. The number of imide groups is 1. The van der Waals surface area contributed by atoms with Gasteiger partial charge in [0.05, 0.1) is 13.0 Å². The van der Waals surface area contributed by atoms with Gasteiger partial charge >= 0.3 is 12.0 Å². The molecule has 0 aliphatic carbocycles. The smallest absolute Gasteiger partial charge is 0.325 e. The zero-order valence-electron chi connectivity index (χ0n) is 11.2. The zero-order chi connectivity index (χ0) is 14.0. The van der Waals surface area contributed by atoms with Crippen molar-refractivity contribution in [3.8, 4) is 0 Å². The standard InChI is InChI=1S/C12H19N3O4/c1-8(9(16)19-2)7-15-10(17)12(14-11(15)18)3-5-13-6-4-12/h8,13H,3-7H2,1-2H3,(H,14,18)/t8-/m0/s1. The summed E-state index contributed by atoms with van der Waals surface area (Å²) >= 11 is 0. The Balaban J connectivity index is 2.08. The van der Waals surface area contributed by atoms with E-state index in [2.05, 4.69) is 15.4 Å². The molecule has 0 unspecified atom stereocenters. The molecule has 2 rings (SSSR count). The number of piperidine rings is 1. The molecule has 2 aliphatic heterocycles. The molecule has 0 aromatic carbocycles. The SMILES string of the molecule is COC(=O)[C@@H](C)CN1C(=O)NC2(CCNCC2)C1=O. The first-order valence-corrected chi connectivity index (χ1v) is 6.43. The van der Waals surface area contributed by atoms with E-state index in [0.29, 0.717) is 25.9 Å². The summed E-state index contributed by atoms with van der Waals surface area (Å²) in [7, 11) is 1.29. The lowest BCUT2D eigenvalue weighted by Gasteiger charge is -2.31. The van der Waals surface area contributed by atoms with E-state index in [4.69, 9.17) is 0 Å². The fourth-order valence-electron chi connectivity index (χ4n) is 2.58. The summed E-state index contributed by atoms with van der Waals surface area (Å²) in [5.41, 5.74) is -0.780. The number of hydrogen-bond donors (Lipinski definition) is 2. The number of nitrogens with one attached hydrogen (secondary N) is 2. The van der Waals surface area contributed by atoms with Crippen LogP contribution in [0.5, 0.6) is 0 Å². The zero-order valence-corrected chi connectivity index (χ0v) is 11.2. The molecule has 2 N–H and O–H groups in total. The molecular formula is C12H19N3O4. The van der Waals surface area contributed by atoms with Crippen LogP contribution in [0.25, 0.3) is 0 Å². The van der Waals surface area contributed by atoms with Gasteiger partial charge in [-0.05, 0) is 25.9 Å². The van der Waals surface area contributed by atoms with Gasteiger partial charge in [0.15, 0.2) is 0 Å². The van der Waals surface area contributed by atoms with Gasteiger partial charge in [-0.3, -0.25) is 14.5 Å². The number of urea groups is 1. The van der Waals surface area contributed by atoms with E-state index in [-0.39, 0.29) is 12.5 Å². The maximum Gasteiger partial charge on any atom is 0.325 e. The third-order valence-electron chi connectivity index (χ3n) is 3.76. The van der Waals surface area contributed by atoms with Crippen molar-refractivity contribution >= 4 is 17.9 Å². The normalized spacial score (nSPS) is 23.4. The molecule has 1 atom stereocenters. The van der Waals surface area contributed by atoms with Gasteiger partial charge < -0.3 is 15.4 Å². The number of hydrogen-bond acceptors (Lipinski definition) is 5. The maximum absolute atomic E-state index is 12.4. The quantitative estimate of drug-likeness (QED) is 0.531. The van der Waals surface area contributed by atoms with Gasteiger partial charge in [0, 0.05) is 6.54 Å². The minimum absolute atomic E-state index is 0.0620. The molecule has 7 heteroatoms. The Hall–Kier alpha value is -1.63. The fraction of sp³-hybridized carbons (Fsp3) is 0.750. The van der Waals surface area contributed by atoms with E-state index in [1.165, 1.54) is 7.11 Å². The molecule has 106 valence electrons. The van der Waals surface area contributed by atoms with Gasteiger partial charge in [-0.15, -0.1) is 0 Å². The highest BCUT2D eigenvalue weighted by atomic mass is 16.5. The number of esters is 1. The predicted octanol–water partition coefficient (Wildman–Crippen LogP) is -0.530. The van der Waals surface area contributed by atoms with Crippen molar-refractivity contribution in [1.29, 1.82) is 0 Å². The molecule has 1 spiro atoms. The summed E-state index contributed by atoms with van der Waals surface area (Å²) in [4.78, 5) is 36.8. The number of amides is 3. The Labute approximate surface area is 111 Å². The van der Waals surface area contributed by atoms with Crippen molar-refractivity contribution in [2.75, 3.05) is 26.7 Å². The second kappa shape index (κ2) is 5.16. The molecule has 19 heavy (non-hydrogen) atoms. The van der Waals surface area contributed by atoms with Gasteiger partial charge in [-0.1, -0.05) is 6.92 Å². The first kappa shape index (κ1) is 13.8. The Morgan fingerprint density at radius 1 is 1.42 bits per heavy atom. The number of methoxy groups -OCH3 is 1. The van der Waals surface area contributed by atoms with E-state index in [1.807, 2.05) is 0 Å². The molecule has 3 amide bonds. The Kier molecular flexibility index (Phi) is 3.75. The van der Waals surface area contributed by atoms with Crippen LogP contribution in [-0.4, -0.2) is 55.1 Å². The van der Waals surface area contributed by atoms with Crippen molar-refractivity contribution in [1.82, 2.24) is 15.5 Å². The maximum atomic E-state index is 12.4. The van der Waals surface area contributed by atoms with Crippen LogP contribution in [0.1, 0.15) is 19.8 Å². The average Bonchev–Trinajstić information content (AvgIpc) is 2.63. The van der Waals surface area contributed by atoms with Gasteiger partial charge in [0.2, 0.25) is 0 Å². The molecule has 2 saturated heterocycles.